The first kappa shape index (κ1) is 16.6. The van der Waals surface area contributed by atoms with Gasteiger partial charge in [-0.05, 0) is 48.6 Å². The van der Waals surface area contributed by atoms with E-state index < -0.39 is 0 Å². The standard InChI is InChI=1S/C21H26N2O/c1-15(2)17-8-10-19(11-9-17)22-21(24)12-13-23-16(3)14-18-6-4-5-7-20(18)23/h4-11,15-16H,12-14H2,1-3H3,(H,22,24). The zero-order chi connectivity index (χ0) is 17.1. The minimum Gasteiger partial charge on any atom is -0.368 e. The Morgan fingerprint density at radius 1 is 1.17 bits per heavy atom. The molecule has 1 N–H and O–H groups in total. The molecule has 2 aromatic carbocycles. The number of fused-ring (bicyclic) bond motifs is 1. The molecule has 3 heteroatoms. The number of rotatable bonds is 5. The van der Waals surface area contributed by atoms with E-state index in [0.717, 1.165) is 18.7 Å². The van der Waals surface area contributed by atoms with E-state index in [1.165, 1.54) is 16.8 Å². The van der Waals surface area contributed by atoms with Crippen molar-refractivity contribution in [1.82, 2.24) is 0 Å². The van der Waals surface area contributed by atoms with Crippen LogP contribution in [-0.4, -0.2) is 18.5 Å². The van der Waals surface area contributed by atoms with Gasteiger partial charge in [-0.2, -0.15) is 0 Å². The fourth-order valence-electron chi connectivity index (χ4n) is 3.37. The summed E-state index contributed by atoms with van der Waals surface area (Å²) in [6.07, 6.45) is 1.57. The van der Waals surface area contributed by atoms with E-state index in [2.05, 4.69) is 67.4 Å². The molecule has 126 valence electrons. The number of para-hydroxylation sites is 1. The summed E-state index contributed by atoms with van der Waals surface area (Å²) < 4.78 is 0. The second-order valence-electron chi connectivity index (χ2n) is 6.95. The molecule has 0 bridgehead atoms. The van der Waals surface area contributed by atoms with E-state index in [1.54, 1.807) is 0 Å². The zero-order valence-corrected chi connectivity index (χ0v) is 14.8. The van der Waals surface area contributed by atoms with Crippen molar-refractivity contribution in [2.45, 2.75) is 45.6 Å². The number of anilines is 2. The van der Waals surface area contributed by atoms with Gasteiger partial charge in [0.1, 0.15) is 0 Å². The summed E-state index contributed by atoms with van der Waals surface area (Å²) in [5.41, 5.74) is 4.82. The fourth-order valence-corrected chi connectivity index (χ4v) is 3.37. The molecule has 2 aromatic rings. The van der Waals surface area contributed by atoms with Crippen molar-refractivity contribution in [1.29, 1.82) is 0 Å². The van der Waals surface area contributed by atoms with E-state index in [0.29, 0.717) is 18.4 Å². The number of nitrogens with zero attached hydrogens (tertiary/aromatic N) is 1. The molecular formula is C21H26N2O. The number of nitrogens with one attached hydrogen (secondary N) is 1. The van der Waals surface area contributed by atoms with Crippen molar-refractivity contribution in [3.63, 3.8) is 0 Å². The van der Waals surface area contributed by atoms with Crippen molar-refractivity contribution in [2.75, 3.05) is 16.8 Å². The average molecular weight is 322 g/mol. The van der Waals surface area contributed by atoms with Gasteiger partial charge in [0.15, 0.2) is 0 Å². The van der Waals surface area contributed by atoms with Gasteiger partial charge in [-0.25, -0.2) is 0 Å². The van der Waals surface area contributed by atoms with Crippen molar-refractivity contribution in [3.8, 4) is 0 Å². The molecule has 1 amide bonds. The van der Waals surface area contributed by atoms with Crippen LogP contribution in [0.1, 0.15) is 44.2 Å². The van der Waals surface area contributed by atoms with Crippen LogP contribution < -0.4 is 10.2 Å². The van der Waals surface area contributed by atoms with Crippen molar-refractivity contribution in [2.24, 2.45) is 0 Å². The molecule has 0 saturated heterocycles. The van der Waals surface area contributed by atoms with Crippen LogP contribution in [0, 0.1) is 0 Å². The van der Waals surface area contributed by atoms with Crippen LogP contribution in [0.2, 0.25) is 0 Å². The number of hydrogen-bond acceptors (Lipinski definition) is 2. The molecule has 1 aliphatic rings. The van der Waals surface area contributed by atoms with Crippen LogP contribution in [0.4, 0.5) is 11.4 Å². The third-order valence-electron chi connectivity index (χ3n) is 4.79. The third-order valence-corrected chi connectivity index (χ3v) is 4.79. The van der Waals surface area contributed by atoms with Crippen LogP contribution in [0.3, 0.4) is 0 Å². The van der Waals surface area contributed by atoms with Gasteiger partial charge in [0.05, 0.1) is 0 Å². The van der Waals surface area contributed by atoms with Crippen LogP contribution in [-0.2, 0) is 11.2 Å². The normalized spacial score (nSPS) is 16.3. The Kier molecular flexibility index (Phi) is 4.89. The number of benzene rings is 2. The summed E-state index contributed by atoms with van der Waals surface area (Å²) in [5, 5.41) is 3.01. The summed E-state index contributed by atoms with van der Waals surface area (Å²) in [6, 6.07) is 17.1. The first-order valence-electron chi connectivity index (χ1n) is 8.79. The van der Waals surface area contributed by atoms with E-state index in [-0.39, 0.29) is 5.91 Å². The molecule has 3 rings (SSSR count). The van der Waals surface area contributed by atoms with Crippen molar-refractivity contribution >= 4 is 17.3 Å². The van der Waals surface area contributed by atoms with E-state index in [9.17, 15) is 4.79 Å². The first-order chi connectivity index (χ1) is 11.5. The minimum atomic E-state index is 0.0730. The van der Waals surface area contributed by atoms with Gasteiger partial charge in [-0.15, -0.1) is 0 Å². The predicted molar refractivity (Wildman–Crippen MR) is 101 cm³/mol. The second-order valence-corrected chi connectivity index (χ2v) is 6.95. The van der Waals surface area contributed by atoms with Gasteiger partial charge >= 0.3 is 0 Å². The van der Waals surface area contributed by atoms with Gasteiger partial charge in [-0.3, -0.25) is 4.79 Å². The molecule has 24 heavy (non-hydrogen) atoms. The molecule has 0 saturated carbocycles. The van der Waals surface area contributed by atoms with Crippen LogP contribution in [0.5, 0.6) is 0 Å². The molecule has 1 atom stereocenters. The summed E-state index contributed by atoms with van der Waals surface area (Å²) >= 11 is 0. The zero-order valence-electron chi connectivity index (χ0n) is 14.8. The van der Waals surface area contributed by atoms with Gasteiger partial charge in [-0.1, -0.05) is 44.2 Å². The van der Waals surface area contributed by atoms with E-state index in [1.807, 2.05) is 12.1 Å². The molecule has 0 spiro atoms. The average Bonchev–Trinajstić information content (AvgIpc) is 2.88. The molecule has 1 heterocycles. The maximum Gasteiger partial charge on any atom is 0.226 e. The lowest BCUT2D eigenvalue weighted by molar-refractivity contribution is -0.116. The smallest absolute Gasteiger partial charge is 0.226 e. The van der Waals surface area contributed by atoms with Gasteiger partial charge in [0, 0.05) is 30.4 Å². The summed E-state index contributed by atoms with van der Waals surface area (Å²) in [5.74, 6) is 0.579. The largest absolute Gasteiger partial charge is 0.368 e. The highest BCUT2D eigenvalue weighted by atomic mass is 16.1. The summed E-state index contributed by atoms with van der Waals surface area (Å²) in [6.45, 7) is 7.32. The Morgan fingerprint density at radius 2 is 1.88 bits per heavy atom. The van der Waals surface area contributed by atoms with Crippen LogP contribution in [0.15, 0.2) is 48.5 Å². The predicted octanol–water partition coefficient (Wildman–Crippen LogP) is 4.59. The summed E-state index contributed by atoms with van der Waals surface area (Å²) in [7, 11) is 0. The molecule has 0 fully saturated rings. The molecule has 0 aromatic heterocycles. The number of carbonyl (C=O) groups is 1. The topological polar surface area (TPSA) is 32.3 Å². The van der Waals surface area contributed by atoms with Gasteiger partial charge in [0.25, 0.3) is 0 Å². The molecule has 1 unspecified atom stereocenters. The highest BCUT2D eigenvalue weighted by Gasteiger charge is 2.25. The lowest BCUT2D eigenvalue weighted by atomic mass is 10.0. The van der Waals surface area contributed by atoms with E-state index >= 15 is 0 Å². The lowest BCUT2D eigenvalue weighted by Crippen LogP contribution is -2.32. The maximum atomic E-state index is 12.3. The highest BCUT2D eigenvalue weighted by Crippen LogP contribution is 2.31. The lowest BCUT2D eigenvalue weighted by Gasteiger charge is -2.24. The second kappa shape index (κ2) is 7.08. The SMILES string of the molecule is CC(C)c1ccc(NC(=O)CCN2c3ccccc3CC2C)cc1. The Balaban J connectivity index is 1.56. The highest BCUT2D eigenvalue weighted by molar-refractivity contribution is 5.91. The van der Waals surface area contributed by atoms with Crippen LogP contribution >= 0.6 is 0 Å². The fraction of sp³-hybridized carbons (Fsp3) is 0.381. The van der Waals surface area contributed by atoms with E-state index in [4.69, 9.17) is 0 Å². The first-order valence-corrected chi connectivity index (χ1v) is 8.79. The molecule has 0 aliphatic carbocycles. The van der Waals surface area contributed by atoms with Gasteiger partial charge in [0.2, 0.25) is 5.91 Å². The van der Waals surface area contributed by atoms with Crippen molar-refractivity contribution in [3.05, 3.63) is 59.7 Å². The Labute approximate surface area is 144 Å². The quantitative estimate of drug-likeness (QED) is 0.873. The molecule has 1 aliphatic heterocycles. The molecule has 3 nitrogen and oxygen atoms in total. The Bertz CT molecular complexity index is 706. The Morgan fingerprint density at radius 3 is 2.58 bits per heavy atom. The van der Waals surface area contributed by atoms with Crippen molar-refractivity contribution < 1.29 is 4.79 Å². The number of hydrogen-bond donors (Lipinski definition) is 1. The monoisotopic (exact) mass is 322 g/mol. The van der Waals surface area contributed by atoms with Crippen LogP contribution in [0.25, 0.3) is 0 Å². The summed E-state index contributed by atoms with van der Waals surface area (Å²) in [4.78, 5) is 14.6. The maximum absolute atomic E-state index is 12.3. The van der Waals surface area contributed by atoms with Gasteiger partial charge < -0.3 is 10.2 Å². The third kappa shape index (κ3) is 3.61. The Hall–Kier alpha value is -2.29. The minimum absolute atomic E-state index is 0.0730. The molecular weight excluding hydrogens is 296 g/mol. The number of carbonyl (C=O) groups excluding carboxylic acids is 1. The number of amides is 1. The molecule has 0 radical (unpaired) electrons.